The summed E-state index contributed by atoms with van der Waals surface area (Å²) in [6.45, 7) is 0. The van der Waals surface area contributed by atoms with Crippen LogP contribution in [0.5, 0.6) is 0 Å². The largest absolute Gasteiger partial charge is 0.355 e. The topological polar surface area (TPSA) is 17.0 Å². The molecule has 0 aliphatic rings. The van der Waals surface area contributed by atoms with E-state index in [1.165, 1.54) is 17.5 Å². The first kappa shape index (κ1) is 15.6. The summed E-state index contributed by atoms with van der Waals surface area (Å²) >= 11 is 0. The molecule has 4 aromatic carbocycles. The van der Waals surface area contributed by atoms with Crippen molar-refractivity contribution in [2.24, 2.45) is 0 Å². The molecule has 2 nitrogen and oxygen atoms in total. The van der Waals surface area contributed by atoms with E-state index >= 15 is 0 Å². The van der Waals surface area contributed by atoms with Gasteiger partial charge in [-0.1, -0.05) is 42.5 Å². The molecule has 0 radical (unpaired) electrons. The van der Waals surface area contributed by atoms with E-state index < -0.39 is 0 Å². The molecule has 5 aromatic rings. The van der Waals surface area contributed by atoms with Crippen LogP contribution in [-0.4, -0.2) is 4.57 Å². The van der Waals surface area contributed by atoms with Gasteiger partial charge in [0.25, 0.3) is 0 Å². The number of fused-ring (bicyclic) bond motifs is 3. The number of hydrogen-bond donors (Lipinski definition) is 1. The number of aromatic nitrogens is 1. The summed E-state index contributed by atoms with van der Waals surface area (Å²) in [5.41, 5.74) is 5.29. The Morgan fingerprint density at radius 2 is 1.33 bits per heavy atom. The molecule has 0 unspecified atom stereocenters. The highest BCUT2D eigenvalue weighted by molar-refractivity contribution is 6.15. The number of para-hydroxylation sites is 2. The summed E-state index contributed by atoms with van der Waals surface area (Å²) in [5.74, 6) is -0.237. The molecule has 5 rings (SSSR count). The number of anilines is 2. The van der Waals surface area contributed by atoms with Crippen LogP contribution in [0.25, 0.3) is 27.5 Å². The van der Waals surface area contributed by atoms with Crippen molar-refractivity contribution in [3.63, 3.8) is 0 Å². The van der Waals surface area contributed by atoms with Crippen LogP contribution in [0.4, 0.5) is 15.8 Å². The molecule has 0 fully saturated rings. The van der Waals surface area contributed by atoms with Gasteiger partial charge in [0, 0.05) is 27.8 Å². The Kier molecular flexibility index (Phi) is 3.65. The minimum Gasteiger partial charge on any atom is -0.355 e. The van der Waals surface area contributed by atoms with Crippen molar-refractivity contribution < 1.29 is 4.39 Å². The molecule has 0 spiro atoms. The molecule has 1 N–H and O–H groups in total. The van der Waals surface area contributed by atoms with Crippen molar-refractivity contribution in [2.45, 2.75) is 0 Å². The monoisotopic (exact) mass is 352 g/mol. The van der Waals surface area contributed by atoms with Gasteiger partial charge in [-0.25, -0.2) is 4.39 Å². The fourth-order valence-electron chi connectivity index (χ4n) is 3.67. The van der Waals surface area contributed by atoms with Crippen molar-refractivity contribution in [3.05, 3.63) is 103 Å². The van der Waals surface area contributed by atoms with Gasteiger partial charge in [0.1, 0.15) is 5.82 Å². The highest BCUT2D eigenvalue weighted by atomic mass is 19.1. The van der Waals surface area contributed by atoms with Gasteiger partial charge in [-0.3, -0.25) is 0 Å². The quantitative estimate of drug-likeness (QED) is 0.384. The van der Waals surface area contributed by atoms with Gasteiger partial charge in [0.15, 0.2) is 0 Å². The molecular formula is C24H17FN2. The molecule has 0 bridgehead atoms. The van der Waals surface area contributed by atoms with E-state index in [4.69, 9.17) is 0 Å². The second-order valence-electron chi connectivity index (χ2n) is 6.52. The summed E-state index contributed by atoms with van der Waals surface area (Å²) in [6, 6.07) is 31.5. The van der Waals surface area contributed by atoms with Crippen LogP contribution >= 0.6 is 0 Å². The third kappa shape index (κ3) is 2.64. The average Bonchev–Trinajstić information content (AvgIpc) is 3.06. The van der Waals surface area contributed by atoms with Crippen LogP contribution in [0.15, 0.2) is 97.1 Å². The number of nitrogens with zero attached hydrogens (tertiary/aromatic N) is 1. The normalized spacial score (nSPS) is 11.1. The predicted octanol–water partition coefficient (Wildman–Crippen LogP) is 6.67. The number of benzene rings is 4. The maximum absolute atomic E-state index is 13.2. The molecule has 0 aliphatic carbocycles. The maximum Gasteiger partial charge on any atom is 0.123 e. The number of hydrogen-bond acceptors (Lipinski definition) is 1. The molecule has 0 saturated heterocycles. The summed E-state index contributed by atoms with van der Waals surface area (Å²) in [5, 5.41) is 5.79. The zero-order valence-electron chi connectivity index (χ0n) is 14.6. The van der Waals surface area contributed by atoms with E-state index in [2.05, 4.69) is 70.5 Å². The van der Waals surface area contributed by atoms with Gasteiger partial charge in [0.2, 0.25) is 0 Å². The third-order valence-corrected chi connectivity index (χ3v) is 4.84. The van der Waals surface area contributed by atoms with Gasteiger partial charge in [-0.05, 0) is 54.6 Å². The number of halogens is 1. The van der Waals surface area contributed by atoms with Crippen LogP contribution in [0.3, 0.4) is 0 Å². The van der Waals surface area contributed by atoms with Crippen molar-refractivity contribution >= 4 is 33.2 Å². The predicted molar refractivity (Wildman–Crippen MR) is 110 cm³/mol. The molecule has 0 amide bonds. The summed E-state index contributed by atoms with van der Waals surface area (Å²) in [7, 11) is 0. The smallest absolute Gasteiger partial charge is 0.123 e. The van der Waals surface area contributed by atoms with E-state index in [0.29, 0.717) is 0 Å². The van der Waals surface area contributed by atoms with Crippen LogP contribution in [-0.2, 0) is 0 Å². The highest BCUT2D eigenvalue weighted by Gasteiger charge is 2.14. The van der Waals surface area contributed by atoms with E-state index in [1.54, 1.807) is 12.1 Å². The molecule has 0 aliphatic heterocycles. The van der Waals surface area contributed by atoms with Crippen LogP contribution in [0, 0.1) is 5.82 Å². The zero-order chi connectivity index (χ0) is 18.2. The van der Waals surface area contributed by atoms with Gasteiger partial charge in [0.05, 0.1) is 11.0 Å². The fourth-order valence-corrected chi connectivity index (χ4v) is 3.67. The lowest BCUT2D eigenvalue weighted by atomic mass is 10.1. The Labute approximate surface area is 156 Å². The van der Waals surface area contributed by atoms with Crippen molar-refractivity contribution in [3.8, 4) is 5.69 Å². The van der Waals surface area contributed by atoms with Crippen LogP contribution in [0.2, 0.25) is 0 Å². The van der Waals surface area contributed by atoms with Crippen LogP contribution < -0.4 is 5.32 Å². The molecule has 130 valence electrons. The van der Waals surface area contributed by atoms with Gasteiger partial charge >= 0.3 is 0 Å². The number of nitrogens with one attached hydrogen (secondary N) is 1. The molecule has 1 heterocycles. The lowest BCUT2D eigenvalue weighted by molar-refractivity contribution is 0.628. The summed E-state index contributed by atoms with van der Waals surface area (Å²) < 4.78 is 15.5. The Morgan fingerprint density at radius 3 is 2.15 bits per heavy atom. The molecule has 3 heteroatoms. The van der Waals surface area contributed by atoms with E-state index in [-0.39, 0.29) is 5.82 Å². The minimum atomic E-state index is -0.237. The van der Waals surface area contributed by atoms with Gasteiger partial charge < -0.3 is 9.88 Å². The van der Waals surface area contributed by atoms with Crippen molar-refractivity contribution in [2.75, 3.05) is 5.32 Å². The van der Waals surface area contributed by atoms with Crippen LogP contribution in [0.1, 0.15) is 0 Å². The Balaban J connectivity index is 1.78. The lowest BCUT2D eigenvalue weighted by Crippen LogP contribution is -1.94. The second-order valence-corrected chi connectivity index (χ2v) is 6.52. The highest BCUT2D eigenvalue weighted by Crippen LogP contribution is 2.37. The van der Waals surface area contributed by atoms with Gasteiger partial charge in [-0.2, -0.15) is 0 Å². The standard InChI is InChI=1S/C24H17FN2/c25-17-13-15-18(16-14-17)26-21-10-6-12-23-24(21)20-9-4-5-11-22(20)27(23)19-7-2-1-3-8-19/h1-16,26H. The Bertz CT molecular complexity index is 1240. The Morgan fingerprint density at radius 1 is 0.630 bits per heavy atom. The molecular weight excluding hydrogens is 335 g/mol. The molecule has 1 aromatic heterocycles. The maximum atomic E-state index is 13.2. The van der Waals surface area contributed by atoms with E-state index in [1.807, 2.05) is 12.1 Å². The molecule has 27 heavy (non-hydrogen) atoms. The summed E-state index contributed by atoms with van der Waals surface area (Å²) in [6.07, 6.45) is 0. The summed E-state index contributed by atoms with van der Waals surface area (Å²) in [4.78, 5) is 0. The molecule has 0 saturated carbocycles. The minimum absolute atomic E-state index is 0.237. The van der Waals surface area contributed by atoms with Crippen molar-refractivity contribution in [1.82, 2.24) is 4.57 Å². The molecule has 0 atom stereocenters. The first-order valence-corrected chi connectivity index (χ1v) is 8.91. The average molecular weight is 352 g/mol. The SMILES string of the molecule is Fc1ccc(Nc2cccc3c2c2ccccc2n3-c2ccccc2)cc1. The fraction of sp³-hybridized carbons (Fsp3) is 0. The number of rotatable bonds is 3. The van der Waals surface area contributed by atoms with Crippen molar-refractivity contribution in [1.29, 1.82) is 0 Å². The van der Waals surface area contributed by atoms with E-state index in [0.717, 1.165) is 33.5 Å². The van der Waals surface area contributed by atoms with Gasteiger partial charge in [-0.15, -0.1) is 0 Å². The first-order valence-electron chi connectivity index (χ1n) is 8.91. The first-order chi connectivity index (χ1) is 13.3. The third-order valence-electron chi connectivity index (χ3n) is 4.84. The lowest BCUT2D eigenvalue weighted by Gasteiger charge is -2.10. The Hall–Kier alpha value is -3.59. The zero-order valence-corrected chi connectivity index (χ0v) is 14.6. The van der Waals surface area contributed by atoms with E-state index in [9.17, 15) is 4.39 Å². The second kappa shape index (κ2) is 6.29.